The van der Waals surface area contributed by atoms with Gasteiger partial charge in [0.05, 0.1) is 7.11 Å². The molecule has 128 valence electrons. The summed E-state index contributed by atoms with van der Waals surface area (Å²) in [5, 5.41) is 3.93. The van der Waals surface area contributed by atoms with Crippen LogP contribution in [0, 0.1) is 17.8 Å². The minimum Gasteiger partial charge on any atom is -0.466 e. The highest BCUT2D eigenvalue weighted by atomic mass is 16.5. The summed E-state index contributed by atoms with van der Waals surface area (Å²) in [5.41, 5.74) is 2.76. The molecule has 1 aromatic rings. The molecular weight excluding hydrogens is 298 g/mol. The summed E-state index contributed by atoms with van der Waals surface area (Å²) < 4.78 is 4.62. The molecule has 1 aromatic carbocycles. The van der Waals surface area contributed by atoms with Crippen LogP contribution in [0.5, 0.6) is 0 Å². The molecule has 5 rings (SSSR count). The number of hydrogen-bond donors (Lipinski definition) is 1. The van der Waals surface area contributed by atoms with E-state index in [1.807, 2.05) is 0 Å². The molecule has 0 aromatic heterocycles. The summed E-state index contributed by atoms with van der Waals surface area (Å²) >= 11 is 0. The molecule has 3 heteroatoms. The Morgan fingerprint density at radius 3 is 2.25 bits per heavy atom. The molecule has 4 bridgehead atoms. The Bertz CT molecular complexity index is 596. The molecule has 0 unspecified atom stereocenters. The number of carbonyl (C=O) groups excluding carboxylic acids is 1. The van der Waals surface area contributed by atoms with Crippen molar-refractivity contribution in [2.24, 2.45) is 17.8 Å². The van der Waals surface area contributed by atoms with Crippen LogP contribution in [0.25, 0.3) is 6.08 Å². The highest BCUT2D eigenvalue weighted by Crippen LogP contribution is 2.55. The van der Waals surface area contributed by atoms with Gasteiger partial charge < -0.3 is 10.1 Å². The topological polar surface area (TPSA) is 38.3 Å². The molecule has 0 spiro atoms. The Balaban J connectivity index is 1.36. The summed E-state index contributed by atoms with van der Waals surface area (Å²) in [6, 6.07) is 8.45. The molecule has 1 N–H and O–H groups in total. The molecule has 0 heterocycles. The Labute approximate surface area is 144 Å². The maximum atomic E-state index is 11.1. The first kappa shape index (κ1) is 15.9. The molecule has 4 fully saturated rings. The normalized spacial score (nSPS) is 34.0. The van der Waals surface area contributed by atoms with E-state index in [-0.39, 0.29) is 5.97 Å². The Morgan fingerprint density at radius 1 is 1.12 bits per heavy atom. The van der Waals surface area contributed by atoms with Crippen LogP contribution in [-0.4, -0.2) is 18.6 Å². The predicted octanol–water partition coefficient (Wildman–Crippen LogP) is 3.93. The Morgan fingerprint density at radius 2 is 1.71 bits per heavy atom. The van der Waals surface area contributed by atoms with Gasteiger partial charge in [-0.1, -0.05) is 24.3 Å². The summed E-state index contributed by atoms with van der Waals surface area (Å²) in [5.74, 6) is 2.63. The minimum atomic E-state index is -0.317. The number of benzene rings is 1. The second-order valence-corrected chi connectivity index (χ2v) is 8.15. The van der Waals surface area contributed by atoms with E-state index in [1.54, 1.807) is 6.08 Å². The zero-order chi connectivity index (χ0) is 16.6. The molecular formula is C21H27NO2. The fourth-order valence-corrected chi connectivity index (χ4v) is 5.60. The average Bonchev–Trinajstić information content (AvgIpc) is 2.57. The molecule has 24 heavy (non-hydrogen) atoms. The van der Waals surface area contributed by atoms with E-state index in [0.717, 1.165) is 29.9 Å². The van der Waals surface area contributed by atoms with Crippen molar-refractivity contribution in [3.8, 4) is 0 Å². The molecule has 4 saturated carbocycles. The van der Waals surface area contributed by atoms with Crippen LogP contribution in [0.4, 0.5) is 0 Å². The van der Waals surface area contributed by atoms with Crippen molar-refractivity contribution in [1.82, 2.24) is 5.32 Å². The lowest BCUT2D eigenvalue weighted by molar-refractivity contribution is -0.134. The lowest BCUT2D eigenvalue weighted by atomic mass is 9.53. The fourth-order valence-electron chi connectivity index (χ4n) is 5.60. The fraction of sp³-hybridized carbons (Fsp3) is 0.571. The van der Waals surface area contributed by atoms with Crippen LogP contribution in [-0.2, 0) is 16.1 Å². The van der Waals surface area contributed by atoms with Gasteiger partial charge >= 0.3 is 5.97 Å². The second kappa shape index (κ2) is 6.36. The van der Waals surface area contributed by atoms with Gasteiger partial charge in [-0.05, 0) is 73.5 Å². The van der Waals surface area contributed by atoms with E-state index in [0.29, 0.717) is 5.54 Å². The van der Waals surface area contributed by atoms with E-state index in [2.05, 4.69) is 34.3 Å². The second-order valence-electron chi connectivity index (χ2n) is 8.15. The third kappa shape index (κ3) is 3.27. The number of rotatable bonds is 5. The summed E-state index contributed by atoms with van der Waals surface area (Å²) in [6.07, 6.45) is 11.9. The molecule has 4 aliphatic rings. The summed E-state index contributed by atoms with van der Waals surface area (Å²) in [7, 11) is 1.39. The SMILES string of the molecule is COC(=O)/C=C/c1ccc(CNC23CC4CC(CC(C4)C2)C3)cc1. The zero-order valence-corrected chi connectivity index (χ0v) is 14.5. The molecule has 0 radical (unpaired) electrons. The predicted molar refractivity (Wildman–Crippen MR) is 95.2 cm³/mol. The highest BCUT2D eigenvalue weighted by molar-refractivity contribution is 5.86. The Hall–Kier alpha value is -1.61. The summed E-state index contributed by atoms with van der Waals surface area (Å²) in [6.45, 7) is 0.952. The quantitative estimate of drug-likeness (QED) is 0.658. The van der Waals surface area contributed by atoms with E-state index in [1.165, 1.54) is 57.3 Å². The number of nitrogens with one attached hydrogen (secondary N) is 1. The van der Waals surface area contributed by atoms with Crippen molar-refractivity contribution in [2.45, 2.75) is 50.6 Å². The van der Waals surface area contributed by atoms with E-state index in [4.69, 9.17) is 0 Å². The van der Waals surface area contributed by atoms with Crippen molar-refractivity contribution in [3.05, 3.63) is 41.5 Å². The van der Waals surface area contributed by atoms with Crippen molar-refractivity contribution in [1.29, 1.82) is 0 Å². The van der Waals surface area contributed by atoms with Gasteiger partial charge in [-0.3, -0.25) is 0 Å². The van der Waals surface area contributed by atoms with Gasteiger partial charge in [0.25, 0.3) is 0 Å². The van der Waals surface area contributed by atoms with Crippen LogP contribution in [0.15, 0.2) is 30.3 Å². The first-order valence-electron chi connectivity index (χ1n) is 9.24. The molecule has 0 saturated heterocycles. The van der Waals surface area contributed by atoms with Gasteiger partial charge in [0.1, 0.15) is 0 Å². The van der Waals surface area contributed by atoms with Gasteiger partial charge in [-0.2, -0.15) is 0 Å². The van der Waals surface area contributed by atoms with E-state index in [9.17, 15) is 4.79 Å². The van der Waals surface area contributed by atoms with Gasteiger partial charge in [0, 0.05) is 18.2 Å². The number of hydrogen-bond acceptors (Lipinski definition) is 3. The maximum absolute atomic E-state index is 11.1. The van der Waals surface area contributed by atoms with Crippen molar-refractivity contribution in [3.63, 3.8) is 0 Å². The summed E-state index contributed by atoms with van der Waals surface area (Å²) in [4.78, 5) is 11.1. The third-order valence-corrected chi connectivity index (χ3v) is 6.30. The molecule has 4 aliphatic carbocycles. The maximum Gasteiger partial charge on any atom is 0.330 e. The number of carbonyl (C=O) groups is 1. The lowest BCUT2D eigenvalue weighted by Gasteiger charge is -2.57. The van der Waals surface area contributed by atoms with Crippen LogP contribution in [0.2, 0.25) is 0 Å². The van der Waals surface area contributed by atoms with Crippen LogP contribution >= 0.6 is 0 Å². The van der Waals surface area contributed by atoms with Gasteiger partial charge in [0.2, 0.25) is 0 Å². The van der Waals surface area contributed by atoms with Gasteiger partial charge in [0.15, 0.2) is 0 Å². The number of methoxy groups -OCH3 is 1. The zero-order valence-electron chi connectivity index (χ0n) is 14.5. The van der Waals surface area contributed by atoms with Crippen molar-refractivity contribution < 1.29 is 9.53 Å². The third-order valence-electron chi connectivity index (χ3n) is 6.30. The van der Waals surface area contributed by atoms with Crippen LogP contribution in [0.1, 0.15) is 49.7 Å². The van der Waals surface area contributed by atoms with Crippen molar-refractivity contribution in [2.75, 3.05) is 7.11 Å². The molecule has 0 atom stereocenters. The van der Waals surface area contributed by atoms with Gasteiger partial charge in [-0.15, -0.1) is 0 Å². The average molecular weight is 325 g/mol. The van der Waals surface area contributed by atoms with Gasteiger partial charge in [-0.25, -0.2) is 4.79 Å². The molecule has 3 nitrogen and oxygen atoms in total. The number of ether oxygens (including phenoxy) is 1. The van der Waals surface area contributed by atoms with Crippen LogP contribution in [0.3, 0.4) is 0 Å². The molecule has 0 amide bonds. The smallest absolute Gasteiger partial charge is 0.330 e. The Kier molecular flexibility index (Phi) is 4.21. The molecule has 0 aliphatic heterocycles. The minimum absolute atomic E-state index is 0.317. The van der Waals surface area contributed by atoms with Crippen LogP contribution < -0.4 is 5.32 Å². The first-order chi connectivity index (χ1) is 11.6. The number of esters is 1. The van der Waals surface area contributed by atoms with E-state index >= 15 is 0 Å². The lowest BCUT2D eigenvalue weighted by Crippen LogP contribution is -2.58. The highest BCUT2D eigenvalue weighted by Gasteiger charge is 2.50. The standard InChI is InChI=1S/C21H27NO2/c1-24-20(23)7-6-15-2-4-16(5-3-15)14-22-21-11-17-8-18(12-21)10-19(9-17)13-21/h2-7,17-19,22H,8-14H2,1H3/b7-6+. The first-order valence-corrected chi connectivity index (χ1v) is 9.24. The largest absolute Gasteiger partial charge is 0.466 e. The monoisotopic (exact) mass is 325 g/mol. The van der Waals surface area contributed by atoms with E-state index < -0.39 is 0 Å². The van der Waals surface area contributed by atoms with Crippen molar-refractivity contribution >= 4 is 12.0 Å².